The first kappa shape index (κ1) is 15.4. The number of hydrogen-bond acceptors (Lipinski definition) is 4. The lowest BCUT2D eigenvalue weighted by Gasteiger charge is -2.14. The Bertz CT molecular complexity index is 625. The molecule has 1 aliphatic heterocycles. The van der Waals surface area contributed by atoms with E-state index in [1.54, 1.807) is 12.4 Å². The fourth-order valence-electron chi connectivity index (χ4n) is 2.36. The molecule has 1 aromatic heterocycles. The first-order valence-corrected chi connectivity index (χ1v) is 9.38. The van der Waals surface area contributed by atoms with Gasteiger partial charge >= 0.3 is 0 Å². The van der Waals surface area contributed by atoms with Crippen LogP contribution in [0.5, 0.6) is 0 Å². The van der Waals surface area contributed by atoms with Gasteiger partial charge in [-0.3, -0.25) is 9.78 Å². The van der Waals surface area contributed by atoms with Gasteiger partial charge in [-0.25, -0.2) is 0 Å². The fourth-order valence-corrected chi connectivity index (χ4v) is 5.22. The molecule has 1 atom stereocenters. The summed E-state index contributed by atoms with van der Waals surface area (Å²) in [6, 6.07) is 11.8. The smallest absolute Gasteiger partial charge is 0.251 e. The van der Waals surface area contributed by atoms with E-state index in [0.717, 1.165) is 5.56 Å². The second-order valence-electron chi connectivity index (χ2n) is 5.17. The zero-order valence-electron chi connectivity index (χ0n) is 12.4. The van der Waals surface area contributed by atoms with Gasteiger partial charge in [0, 0.05) is 29.5 Å². The standard InChI is InChI=1S/C17H18N2OS2/c1-12(13-6-8-18-9-7-13)19-16(20)14-2-4-15(5-3-14)17-21-10-11-22-17/h2-9,12,17H,10-11H2,1H3,(H,19,20). The van der Waals surface area contributed by atoms with E-state index in [0.29, 0.717) is 10.1 Å². The van der Waals surface area contributed by atoms with Gasteiger partial charge in [-0.1, -0.05) is 12.1 Å². The van der Waals surface area contributed by atoms with Crippen molar-refractivity contribution in [3.05, 3.63) is 65.5 Å². The molecule has 1 aromatic carbocycles. The van der Waals surface area contributed by atoms with Crippen molar-refractivity contribution in [1.29, 1.82) is 0 Å². The minimum absolute atomic E-state index is 0.0314. The molecule has 0 bridgehead atoms. The molecule has 114 valence electrons. The molecule has 2 heterocycles. The van der Waals surface area contributed by atoms with Gasteiger partial charge in [0.1, 0.15) is 0 Å². The lowest BCUT2D eigenvalue weighted by atomic mass is 10.1. The third-order valence-corrected chi connectivity index (χ3v) is 6.72. The van der Waals surface area contributed by atoms with Gasteiger partial charge in [-0.05, 0) is 42.3 Å². The second-order valence-corrected chi connectivity index (χ2v) is 7.90. The van der Waals surface area contributed by atoms with E-state index in [-0.39, 0.29) is 11.9 Å². The summed E-state index contributed by atoms with van der Waals surface area (Å²) in [5, 5.41) is 3.02. The SMILES string of the molecule is CC(NC(=O)c1ccc(C2SCCS2)cc1)c1ccncc1. The number of nitrogens with zero attached hydrogens (tertiary/aromatic N) is 1. The predicted molar refractivity (Wildman–Crippen MR) is 94.2 cm³/mol. The Hall–Kier alpha value is -1.46. The Morgan fingerprint density at radius 1 is 1.14 bits per heavy atom. The summed E-state index contributed by atoms with van der Waals surface area (Å²) < 4.78 is 0.521. The molecule has 0 spiro atoms. The highest BCUT2D eigenvalue weighted by Crippen LogP contribution is 2.45. The number of rotatable bonds is 4. The summed E-state index contributed by atoms with van der Waals surface area (Å²) in [7, 11) is 0. The molecule has 1 amide bonds. The van der Waals surface area contributed by atoms with Gasteiger partial charge in [-0.2, -0.15) is 0 Å². The molecule has 0 saturated carbocycles. The fraction of sp³-hybridized carbons (Fsp3) is 0.294. The summed E-state index contributed by atoms with van der Waals surface area (Å²) in [6.07, 6.45) is 3.48. The molecule has 1 fully saturated rings. The third-order valence-electron chi connectivity index (χ3n) is 3.62. The Labute approximate surface area is 139 Å². The number of pyridine rings is 1. The number of carbonyl (C=O) groups is 1. The number of benzene rings is 1. The molecule has 1 aliphatic rings. The number of hydrogen-bond donors (Lipinski definition) is 1. The molecule has 22 heavy (non-hydrogen) atoms. The summed E-state index contributed by atoms with van der Waals surface area (Å²) in [4.78, 5) is 16.3. The van der Waals surface area contributed by atoms with Gasteiger partial charge in [0.15, 0.2) is 0 Å². The topological polar surface area (TPSA) is 42.0 Å². The third kappa shape index (κ3) is 3.65. The van der Waals surface area contributed by atoms with E-state index in [4.69, 9.17) is 0 Å². The molecule has 1 N–H and O–H groups in total. The van der Waals surface area contributed by atoms with Crippen molar-refractivity contribution in [2.24, 2.45) is 0 Å². The number of thioether (sulfide) groups is 2. The highest BCUT2D eigenvalue weighted by molar-refractivity contribution is 8.19. The number of carbonyl (C=O) groups excluding carboxylic acids is 1. The lowest BCUT2D eigenvalue weighted by Crippen LogP contribution is -2.26. The van der Waals surface area contributed by atoms with Crippen LogP contribution in [0.4, 0.5) is 0 Å². The molecule has 0 aliphatic carbocycles. The van der Waals surface area contributed by atoms with Crippen molar-refractivity contribution in [2.45, 2.75) is 17.5 Å². The van der Waals surface area contributed by atoms with Crippen LogP contribution < -0.4 is 5.32 Å². The van der Waals surface area contributed by atoms with Crippen molar-refractivity contribution in [3.63, 3.8) is 0 Å². The molecular weight excluding hydrogens is 312 g/mol. The van der Waals surface area contributed by atoms with E-state index in [1.165, 1.54) is 17.1 Å². The molecule has 1 saturated heterocycles. The van der Waals surface area contributed by atoms with E-state index < -0.39 is 0 Å². The average Bonchev–Trinajstić information content (AvgIpc) is 3.10. The van der Waals surface area contributed by atoms with Crippen LogP contribution in [0.15, 0.2) is 48.8 Å². The highest BCUT2D eigenvalue weighted by Gasteiger charge is 2.18. The number of amides is 1. The minimum atomic E-state index is -0.0393. The van der Waals surface area contributed by atoms with Gasteiger partial charge in [-0.15, -0.1) is 23.5 Å². The maximum absolute atomic E-state index is 12.3. The molecule has 2 aromatic rings. The monoisotopic (exact) mass is 330 g/mol. The summed E-state index contributed by atoms with van der Waals surface area (Å²) in [5.41, 5.74) is 3.06. The van der Waals surface area contributed by atoms with Crippen LogP contribution in [-0.4, -0.2) is 22.4 Å². The second kappa shape index (κ2) is 7.20. The van der Waals surface area contributed by atoms with Gasteiger partial charge < -0.3 is 5.32 Å². The van der Waals surface area contributed by atoms with Gasteiger partial charge in [0.05, 0.1) is 10.6 Å². The Kier molecular flexibility index (Phi) is 5.05. The summed E-state index contributed by atoms with van der Waals surface area (Å²) in [6.45, 7) is 1.98. The first-order valence-electron chi connectivity index (χ1n) is 7.28. The van der Waals surface area contributed by atoms with Crippen molar-refractivity contribution >= 4 is 29.4 Å². The maximum Gasteiger partial charge on any atom is 0.251 e. The molecule has 3 rings (SSSR count). The van der Waals surface area contributed by atoms with Crippen molar-refractivity contribution < 1.29 is 4.79 Å². The van der Waals surface area contributed by atoms with E-state index in [2.05, 4.69) is 22.4 Å². The van der Waals surface area contributed by atoms with E-state index in [9.17, 15) is 4.79 Å². The largest absolute Gasteiger partial charge is 0.346 e. The molecule has 5 heteroatoms. The van der Waals surface area contributed by atoms with Gasteiger partial charge in [0.25, 0.3) is 5.91 Å². The number of aromatic nitrogens is 1. The van der Waals surface area contributed by atoms with Crippen LogP contribution in [0.2, 0.25) is 0 Å². The summed E-state index contributed by atoms with van der Waals surface area (Å²) in [5.74, 6) is 2.38. The average molecular weight is 330 g/mol. The molecule has 1 unspecified atom stereocenters. The van der Waals surface area contributed by atoms with Crippen molar-refractivity contribution in [3.8, 4) is 0 Å². The van der Waals surface area contributed by atoms with E-state index >= 15 is 0 Å². The van der Waals surface area contributed by atoms with Crippen LogP contribution >= 0.6 is 23.5 Å². The minimum Gasteiger partial charge on any atom is -0.346 e. The summed E-state index contributed by atoms with van der Waals surface area (Å²) >= 11 is 3.95. The van der Waals surface area contributed by atoms with Crippen LogP contribution in [0.3, 0.4) is 0 Å². The number of nitrogens with one attached hydrogen (secondary N) is 1. The van der Waals surface area contributed by atoms with Crippen LogP contribution in [0, 0.1) is 0 Å². The highest BCUT2D eigenvalue weighted by atomic mass is 32.2. The van der Waals surface area contributed by atoms with Crippen molar-refractivity contribution in [1.82, 2.24) is 10.3 Å². The van der Waals surface area contributed by atoms with Gasteiger partial charge in [0.2, 0.25) is 0 Å². The Morgan fingerprint density at radius 3 is 2.41 bits per heavy atom. The Morgan fingerprint density at radius 2 is 1.77 bits per heavy atom. The Balaban J connectivity index is 1.64. The van der Waals surface area contributed by atoms with Crippen LogP contribution in [-0.2, 0) is 0 Å². The maximum atomic E-state index is 12.3. The normalized spacial score (nSPS) is 16.4. The molecular formula is C17H18N2OS2. The van der Waals surface area contributed by atoms with E-state index in [1.807, 2.05) is 54.7 Å². The predicted octanol–water partition coefficient (Wildman–Crippen LogP) is 4.05. The lowest BCUT2D eigenvalue weighted by molar-refractivity contribution is 0.0940. The molecule has 3 nitrogen and oxygen atoms in total. The van der Waals surface area contributed by atoms with Crippen molar-refractivity contribution in [2.75, 3.05) is 11.5 Å². The van der Waals surface area contributed by atoms with Crippen LogP contribution in [0.1, 0.15) is 39.0 Å². The van der Waals surface area contributed by atoms with Crippen LogP contribution in [0.25, 0.3) is 0 Å². The molecule has 0 radical (unpaired) electrons. The first-order chi connectivity index (χ1) is 10.7. The quantitative estimate of drug-likeness (QED) is 0.918. The zero-order valence-corrected chi connectivity index (χ0v) is 14.0. The zero-order chi connectivity index (χ0) is 15.4.